The van der Waals surface area contributed by atoms with Gasteiger partial charge in [0.2, 0.25) is 11.6 Å². The summed E-state index contributed by atoms with van der Waals surface area (Å²) in [6, 6.07) is -0.700. The van der Waals surface area contributed by atoms with Gasteiger partial charge in [-0.25, -0.2) is 4.79 Å². The molecular weight excluding hydrogens is 138 g/mol. The number of carbonyl (C=O) groups excluding carboxylic acids is 2. The Bertz CT molecular complexity index is 232. The number of nitroso groups, excluding NO2 is 1. The van der Waals surface area contributed by atoms with Gasteiger partial charge in [-0.05, 0) is 5.18 Å². The number of urea groups is 1. The van der Waals surface area contributed by atoms with Gasteiger partial charge >= 0.3 is 6.03 Å². The molecule has 0 saturated carbocycles. The van der Waals surface area contributed by atoms with Crippen LogP contribution in [0.15, 0.2) is 10.2 Å². The highest BCUT2D eigenvalue weighted by molar-refractivity contribution is 6.42. The lowest BCUT2D eigenvalue weighted by molar-refractivity contribution is -0.112. The number of Topliss-reactive ketones (excluding diaryl/α,β-unsaturated/α-hetero) is 1. The third kappa shape index (κ3) is 1.04. The van der Waals surface area contributed by atoms with E-state index in [4.69, 9.17) is 0 Å². The molecule has 0 bridgehead atoms. The molecule has 10 heavy (non-hydrogen) atoms. The summed E-state index contributed by atoms with van der Waals surface area (Å²) < 4.78 is 0. The fourth-order valence-electron chi connectivity index (χ4n) is 0.504. The van der Waals surface area contributed by atoms with Gasteiger partial charge in [0.15, 0.2) is 0 Å². The zero-order valence-corrected chi connectivity index (χ0v) is 4.83. The molecule has 1 rings (SSSR count). The summed E-state index contributed by atoms with van der Waals surface area (Å²) in [5.74, 6) is -1.11. The minimum atomic E-state index is -0.700. The molecule has 0 atom stereocenters. The third-order valence-corrected chi connectivity index (χ3v) is 0.943. The van der Waals surface area contributed by atoms with Gasteiger partial charge in [-0.2, -0.15) is 4.99 Å². The van der Waals surface area contributed by atoms with E-state index < -0.39 is 17.6 Å². The Kier molecular flexibility index (Phi) is 1.53. The van der Waals surface area contributed by atoms with E-state index in [-0.39, 0.29) is 6.54 Å². The summed E-state index contributed by atoms with van der Waals surface area (Å²) in [7, 11) is 0. The average molecular weight is 141 g/mol. The van der Waals surface area contributed by atoms with Crippen molar-refractivity contribution < 1.29 is 9.59 Å². The van der Waals surface area contributed by atoms with E-state index in [1.54, 1.807) is 0 Å². The predicted octanol–water partition coefficient (Wildman–Crippen LogP) is -0.556. The maximum atomic E-state index is 10.5. The molecule has 0 radical (unpaired) electrons. The van der Waals surface area contributed by atoms with Gasteiger partial charge in [-0.1, -0.05) is 0 Å². The van der Waals surface area contributed by atoms with Crippen molar-refractivity contribution in [1.82, 2.24) is 5.32 Å². The molecule has 0 aromatic rings. The number of nitrogens with zero attached hydrogens (tertiary/aromatic N) is 2. The van der Waals surface area contributed by atoms with Crippen LogP contribution in [-0.4, -0.2) is 24.2 Å². The first-order valence-corrected chi connectivity index (χ1v) is 2.47. The van der Waals surface area contributed by atoms with Crippen LogP contribution in [0.5, 0.6) is 0 Å². The lowest BCUT2D eigenvalue weighted by Crippen LogP contribution is -2.36. The molecule has 0 unspecified atom stereocenters. The second-order valence-electron chi connectivity index (χ2n) is 1.61. The number of amides is 2. The molecule has 0 aromatic heterocycles. The highest BCUT2D eigenvalue weighted by Gasteiger charge is 2.19. The quantitative estimate of drug-likeness (QED) is 0.458. The second kappa shape index (κ2) is 2.34. The molecular formula is C4H3N3O3. The fourth-order valence-corrected chi connectivity index (χ4v) is 0.504. The van der Waals surface area contributed by atoms with E-state index in [1.807, 2.05) is 0 Å². The first-order chi connectivity index (χ1) is 4.74. The number of carbonyl (C=O) groups is 2. The summed E-state index contributed by atoms with van der Waals surface area (Å²) in [4.78, 5) is 33.6. The lowest BCUT2D eigenvalue weighted by atomic mass is 10.3. The van der Waals surface area contributed by atoms with Gasteiger partial charge in [0.05, 0.1) is 6.54 Å². The Hall–Kier alpha value is -1.59. The Morgan fingerprint density at radius 2 is 2.20 bits per heavy atom. The Morgan fingerprint density at radius 3 is 2.70 bits per heavy atom. The van der Waals surface area contributed by atoms with Crippen LogP contribution in [0.4, 0.5) is 4.79 Å². The summed E-state index contributed by atoms with van der Waals surface area (Å²) in [5, 5.41) is 4.39. The molecule has 1 N–H and O–H groups in total. The zero-order chi connectivity index (χ0) is 7.56. The van der Waals surface area contributed by atoms with Crippen molar-refractivity contribution in [2.24, 2.45) is 10.2 Å². The lowest BCUT2D eigenvalue weighted by Gasteiger charge is -2.03. The van der Waals surface area contributed by atoms with Crippen molar-refractivity contribution >= 4 is 17.6 Å². The molecule has 1 aliphatic heterocycles. The van der Waals surface area contributed by atoms with E-state index in [0.717, 1.165) is 0 Å². The molecule has 52 valence electrons. The van der Waals surface area contributed by atoms with Crippen molar-refractivity contribution in [2.75, 3.05) is 6.54 Å². The third-order valence-electron chi connectivity index (χ3n) is 0.943. The first kappa shape index (κ1) is 6.53. The number of amidine groups is 1. The van der Waals surface area contributed by atoms with Crippen LogP contribution >= 0.6 is 0 Å². The van der Waals surface area contributed by atoms with Crippen LogP contribution in [0.3, 0.4) is 0 Å². The van der Waals surface area contributed by atoms with Crippen molar-refractivity contribution in [2.45, 2.75) is 0 Å². The minimum Gasteiger partial charge on any atom is -0.329 e. The molecule has 6 heteroatoms. The number of hydrogen-bond acceptors (Lipinski definition) is 4. The molecule has 0 spiro atoms. The molecule has 0 aromatic carbocycles. The maximum Gasteiger partial charge on any atom is 0.343 e. The summed E-state index contributed by atoms with van der Waals surface area (Å²) in [5.41, 5.74) is 0. The van der Waals surface area contributed by atoms with Crippen LogP contribution in [0, 0.1) is 4.91 Å². The highest BCUT2D eigenvalue weighted by Crippen LogP contribution is 1.90. The fraction of sp³-hybridized carbons (Fsp3) is 0.250. The van der Waals surface area contributed by atoms with Gasteiger partial charge in [0, 0.05) is 0 Å². The van der Waals surface area contributed by atoms with Crippen molar-refractivity contribution in [3.63, 3.8) is 0 Å². The highest BCUT2D eigenvalue weighted by atomic mass is 16.3. The van der Waals surface area contributed by atoms with Crippen molar-refractivity contribution in [1.29, 1.82) is 0 Å². The van der Waals surface area contributed by atoms with E-state index in [9.17, 15) is 14.5 Å². The zero-order valence-electron chi connectivity index (χ0n) is 4.83. The monoisotopic (exact) mass is 141 g/mol. The topological polar surface area (TPSA) is 88.0 Å². The molecule has 0 saturated heterocycles. The number of ketones is 1. The van der Waals surface area contributed by atoms with Crippen molar-refractivity contribution in [3.05, 3.63) is 4.91 Å². The first-order valence-electron chi connectivity index (χ1n) is 2.47. The summed E-state index contributed by atoms with van der Waals surface area (Å²) in [6.45, 7) is -0.191. The number of nitrogens with one attached hydrogen (secondary N) is 1. The van der Waals surface area contributed by atoms with Crippen LogP contribution in [-0.2, 0) is 4.79 Å². The Labute approximate surface area is 55.3 Å². The normalized spacial score (nSPS) is 17.8. The summed E-state index contributed by atoms with van der Waals surface area (Å²) in [6.07, 6.45) is 0. The van der Waals surface area contributed by atoms with Crippen LogP contribution in [0.1, 0.15) is 0 Å². The second-order valence-corrected chi connectivity index (χ2v) is 1.61. The van der Waals surface area contributed by atoms with Gasteiger partial charge < -0.3 is 5.32 Å². The van der Waals surface area contributed by atoms with Crippen molar-refractivity contribution in [3.8, 4) is 0 Å². The smallest absolute Gasteiger partial charge is 0.329 e. The largest absolute Gasteiger partial charge is 0.343 e. The van der Waals surface area contributed by atoms with Gasteiger partial charge in [-0.15, -0.1) is 4.91 Å². The molecule has 0 fully saturated rings. The van der Waals surface area contributed by atoms with E-state index in [1.165, 1.54) is 0 Å². The van der Waals surface area contributed by atoms with Gasteiger partial charge in [-0.3, -0.25) is 4.79 Å². The van der Waals surface area contributed by atoms with E-state index >= 15 is 0 Å². The number of hydrogen-bond donors (Lipinski definition) is 1. The van der Waals surface area contributed by atoms with E-state index in [0.29, 0.717) is 0 Å². The minimum absolute atomic E-state index is 0.191. The molecule has 1 heterocycles. The maximum absolute atomic E-state index is 10.5. The molecule has 6 nitrogen and oxygen atoms in total. The SMILES string of the molecule is O=NC1=NC(=O)NCC1=O. The molecule has 1 aliphatic rings. The average Bonchev–Trinajstić information content (AvgIpc) is 1.94. The van der Waals surface area contributed by atoms with Crippen LogP contribution in [0.25, 0.3) is 0 Å². The number of rotatable bonds is 0. The van der Waals surface area contributed by atoms with E-state index in [2.05, 4.69) is 15.5 Å². The molecule has 2 amide bonds. The Morgan fingerprint density at radius 1 is 1.50 bits per heavy atom. The Balaban J connectivity index is 2.92. The predicted molar refractivity (Wildman–Crippen MR) is 31.6 cm³/mol. The molecule has 0 aliphatic carbocycles. The summed E-state index contributed by atoms with van der Waals surface area (Å²) >= 11 is 0. The standard InChI is InChI=1S/C4H3N3O3/c8-2-1-5-4(9)6-3(2)7-10/h1H2,(H,5,9). The van der Waals surface area contributed by atoms with Crippen LogP contribution in [0.2, 0.25) is 0 Å². The number of aliphatic imine (C=N–C) groups is 1. The van der Waals surface area contributed by atoms with Gasteiger partial charge in [0.25, 0.3) is 0 Å². The van der Waals surface area contributed by atoms with Crippen LogP contribution < -0.4 is 5.32 Å². The van der Waals surface area contributed by atoms with Gasteiger partial charge in [0.1, 0.15) is 0 Å².